The third-order valence-corrected chi connectivity index (χ3v) is 3.51. The molecule has 2 N–H and O–H groups in total. The molecule has 1 saturated heterocycles. The number of rotatable bonds is 0. The van der Waals surface area contributed by atoms with Crippen LogP contribution in [0.2, 0.25) is 0 Å². The van der Waals surface area contributed by atoms with E-state index in [0.29, 0.717) is 0 Å². The highest BCUT2D eigenvalue weighted by Crippen LogP contribution is 2.46. The minimum Gasteiger partial charge on any atom is -0.446 e. The molecule has 0 radical (unpaired) electrons. The maximum absolute atomic E-state index is 11.6. The van der Waals surface area contributed by atoms with E-state index >= 15 is 0 Å². The zero-order valence-electron chi connectivity index (χ0n) is 8.08. The third kappa shape index (κ3) is 1.46. The Bertz CT molecular complexity index is 219. The third-order valence-electron chi connectivity index (χ3n) is 3.51. The molecule has 74 valence electrons. The molecule has 0 aromatic heterocycles. The largest absolute Gasteiger partial charge is 0.446 e. The number of hydrogen-bond acceptors (Lipinski definition) is 3. The SMILES string of the molecule is CC1CCC2(CC1)CC(N)OC2=O. The van der Waals surface area contributed by atoms with Crippen molar-refractivity contribution in [1.29, 1.82) is 0 Å². The molecule has 0 aromatic rings. The zero-order chi connectivity index (χ0) is 9.47. The Balaban J connectivity index is 2.09. The van der Waals surface area contributed by atoms with Crippen LogP contribution in [0.15, 0.2) is 0 Å². The van der Waals surface area contributed by atoms with Crippen LogP contribution in [0, 0.1) is 11.3 Å². The Morgan fingerprint density at radius 3 is 2.54 bits per heavy atom. The molecule has 1 heterocycles. The molecule has 3 nitrogen and oxygen atoms in total. The summed E-state index contributed by atoms with van der Waals surface area (Å²) in [5.74, 6) is 0.710. The highest BCUT2D eigenvalue weighted by Gasteiger charge is 2.49. The molecule has 1 aliphatic carbocycles. The van der Waals surface area contributed by atoms with E-state index in [1.54, 1.807) is 0 Å². The summed E-state index contributed by atoms with van der Waals surface area (Å²) in [4.78, 5) is 11.6. The smallest absolute Gasteiger partial charge is 0.313 e. The van der Waals surface area contributed by atoms with Gasteiger partial charge in [0, 0.05) is 6.42 Å². The first-order valence-corrected chi connectivity index (χ1v) is 5.09. The van der Waals surface area contributed by atoms with E-state index in [4.69, 9.17) is 10.5 Å². The van der Waals surface area contributed by atoms with Crippen LogP contribution in [0.1, 0.15) is 39.0 Å². The standard InChI is InChI=1S/C10H17NO2/c1-7-2-4-10(5-3-7)6-8(11)13-9(10)12/h7-8H,2-6,11H2,1H3. The van der Waals surface area contributed by atoms with Crippen LogP contribution in [0.4, 0.5) is 0 Å². The fourth-order valence-electron chi connectivity index (χ4n) is 2.50. The Morgan fingerprint density at radius 1 is 1.46 bits per heavy atom. The molecule has 3 heteroatoms. The minimum absolute atomic E-state index is 0.0492. The van der Waals surface area contributed by atoms with Crippen LogP contribution in [0.3, 0.4) is 0 Å². The Labute approximate surface area is 78.6 Å². The van der Waals surface area contributed by atoms with Gasteiger partial charge in [-0.05, 0) is 31.6 Å². The van der Waals surface area contributed by atoms with Gasteiger partial charge in [0.1, 0.15) is 0 Å². The molecule has 1 spiro atoms. The lowest BCUT2D eigenvalue weighted by Crippen LogP contribution is -2.31. The Kier molecular flexibility index (Phi) is 2.06. The molecule has 2 aliphatic rings. The summed E-state index contributed by atoms with van der Waals surface area (Å²) in [6, 6.07) is 0. The molecule has 1 unspecified atom stereocenters. The molecule has 1 atom stereocenters. The number of carbonyl (C=O) groups is 1. The quantitative estimate of drug-likeness (QED) is 0.578. The highest BCUT2D eigenvalue weighted by molar-refractivity contribution is 5.79. The summed E-state index contributed by atoms with van der Waals surface area (Å²) >= 11 is 0. The number of ether oxygens (including phenoxy) is 1. The molecule has 2 rings (SSSR count). The highest BCUT2D eigenvalue weighted by atomic mass is 16.6. The summed E-state index contributed by atoms with van der Waals surface area (Å²) in [7, 11) is 0. The number of esters is 1. The van der Waals surface area contributed by atoms with E-state index < -0.39 is 0 Å². The van der Waals surface area contributed by atoms with Crippen LogP contribution in [-0.4, -0.2) is 12.2 Å². The average Bonchev–Trinajstić information content (AvgIpc) is 2.34. The number of carbonyl (C=O) groups excluding carboxylic acids is 1. The van der Waals surface area contributed by atoms with Crippen molar-refractivity contribution in [3.63, 3.8) is 0 Å². The van der Waals surface area contributed by atoms with Crippen LogP contribution in [0.5, 0.6) is 0 Å². The predicted molar refractivity (Wildman–Crippen MR) is 48.7 cm³/mol. The van der Waals surface area contributed by atoms with E-state index in [2.05, 4.69) is 6.92 Å². The van der Waals surface area contributed by atoms with E-state index in [1.165, 1.54) is 0 Å². The summed E-state index contributed by atoms with van der Waals surface area (Å²) in [5, 5.41) is 0. The van der Waals surface area contributed by atoms with Gasteiger partial charge in [-0.3, -0.25) is 10.5 Å². The first-order chi connectivity index (χ1) is 6.12. The van der Waals surface area contributed by atoms with Crippen molar-refractivity contribution in [2.24, 2.45) is 17.1 Å². The topological polar surface area (TPSA) is 52.3 Å². The predicted octanol–water partition coefficient (Wildman–Crippen LogP) is 1.41. The average molecular weight is 183 g/mol. The van der Waals surface area contributed by atoms with Crippen LogP contribution in [-0.2, 0) is 9.53 Å². The molecule has 1 aliphatic heterocycles. The van der Waals surface area contributed by atoms with Gasteiger partial charge in [-0.15, -0.1) is 0 Å². The molecule has 1 saturated carbocycles. The van der Waals surface area contributed by atoms with E-state index in [-0.39, 0.29) is 17.6 Å². The number of hydrogen-bond donors (Lipinski definition) is 1. The van der Waals surface area contributed by atoms with Crippen LogP contribution in [0.25, 0.3) is 0 Å². The van der Waals surface area contributed by atoms with Crippen molar-refractivity contribution in [1.82, 2.24) is 0 Å². The van der Waals surface area contributed by atoms with E-state index in [9.17, 15) is 4.79 Å². The van der Waals surface area contributed by atoms with Gasteiger partial charge in [-0.25, -0.2) is 0 Å². The molecule has 0 amide bonds. The van der Waals surface area contributed by atoms with Crippen molar-refractivity contribution < 1.29 is 9.53 Å². The summed E-state index contributed by atoms with van der Waals surface area (Å²) in [6.45, 7) is 2.24. The van der Waals surface area contributed by atoms with Crippen molar-refractivity contribution in [2.75, 3.05) is 0 Å². The molecule has 0 bridgehead atoms. The van der Waals surface area contributed by atoms with Crippen molar-refractivity contribution >= 4 is 5.97 Å². The number of cyclic esters (lactones) is 1. The Morgan fingerprint density at radius 2 is 2.08 bits per heavy atom. The van der Waals surface area contributed by atoms with E-state index in [0.717, 1.165) is 38.0 Å². The van der Waals surface area contributed by atoms with Crippen molar-refractivity contribution in [3.05, 3.63) is 0 Å². The first kappa shape index (κ1) is 9.00. The molecular formula is C10H17NO2. The van der Waals surface area contributed by atoms with Gasteiger partial charge in [0.2, 0.25) is 0 Å². The summed E-state index contributed by atoms with van der Waals surface area (Å²) < 4.78 is 5.03. The summed E-state index contributed by atoms with van der Waals surface area (Å²) in [5.41, 5.74) is 5.42. The monoisotopic (exact) mass is 183 g/mol. The maximum Gasteiger partial charge on any atom is 0.313 e. The molecule has 13 heavy (non-hydrogen) atoms. The molecular weight excluding hydrogens is 166 g/mol. The van der Waals surface area contributed by atoms with Gasteiger partial charge in [0.15, 0.2) is 6.23 Å². The molecule has 2 fully saturated rings. The second-order valence-electron chi connectivity index (χ2n) is 4.61. The molecule has 0 aromatic carbocycles. The zero-order valence-corrected chi connectivity index (χ0v) is 8.08. The van der Waals surface area contributed by atoms with Gasteiger partial charge < -0.3 is 4.74 Å². The van der Waals surface area contributed by atoms with Gasteiger partial charge in [0.25, 0.3) is 0 Å². The minimum atomic E-state index is -0.346. The van der Waals surface area contributed by atoms with Gasteiger partial charge in [0.05, 0.1) is 5.41 Å². The van der Waals surface area contributed by atoms with E-state index in [1.807, 2.05) is 0 Å². The van der Waals surface area contributed by atoms with Crippen LogP contribution < -0.4 is 5.73 Å². The van der Waals surface area contributed by atoms with Gasteiger partial charge in [-0.1, -0.05) is 6.92 Å². The summed E-state index contributed by atoms with van der Waals surface area (Å²) in [6.07, 6.45) is 4.62. The lowest BCUT2D eigenvalue weighted by atomic mass is 9.70. The van der Waals surface area contributed by atoms with Crippen molar-refractivity contribution in [2.45, 2.75) is 45.3 Å². The second-order valence-corrected chi connectivity index (χ2v) is 4.61. The normalized spacial score (nSPS) is 45.2. The maximum atomic E-state index is 11.6. The van der Waals surface area contributed by atoms with Gasteiger partial charge in [-0.2, -0.15) is 0 Å². The van der Waals surface area contributed by atoms with Crippen molar-refractivity contribution in [3.8, 4) is 0 Å². The first-order valence-electron chi connectivity index (χ1n) is 5.09. The Hall–Kier alpha value is -0.570. The van der Waals surface area contributed by atoms with Gasteiger partial charge >= 0.3 is 5.97 Å². The fourth-order valence-corrected chi connectivity index (χ4v) is 2.50. The lowest BCUT2D eigenvalue weighted by Gasteiger charge is -2.32. The number of nitrogens with two attached hydrogens (primary N) is 1. The lowest BCUT2D eigenvalue weighted by molar-refractivity contribution is -0.150. The second kappa shape index (κ2) is 2.98. The fraction of sp³-hybridized carbons (Fsp3) is 0.900. The van der Waals surface area contributed by atoms with Crippen LogP contribution >= 0.6 is 0 Å².